The van der Waals surface area contributed by atoms with Crippen molar-refractivity contribution in [1.29, 1.82) is 0 Å². The monoisotopic (exact) mass is 636 g/mol. The molecular formula is C48H32N2. The average molecular weight is 637 g/mol. The molecule has 0 fully saturated rings. The maximum absolute atomic E-state index is 5.42. The van der Waals surface area contributed by atoms with Crippen molar-refractivity contribution in [3.8, 4) is 50.5 Å². The zero-order valence-corrected chi connectivity index (χ0v) is 27.4. The van der Waals surface area contributed by atoms with Gasteiger partial charge in [0.2, 0.25) is 0 Å². The molecule has 0 saturated heterocycles. The SMILES string of the molecule is c1ccc(-c2ccc3c(c2)-c2ccccc2C3c2ccc3c(c2)c2c(-c4ccccc4)nc(-c4ccccc4)cc2n3-c2ccccc2)cc1. The smallest absolute Gasteiger partial charge is 0.0809 e. The number of nitrogens with zero attached hydrogens (tertiary/aromatic N) is 2. The van der Waals surface area contributed by atoms with Crippen molar-refractivity contribution in [2.75, 3.05) is 0 Å². The van der Waals surface area contributed by atoms with Crippen LogP contribution in [0.15, 0.2) is 188 Å². The Hall–Kier alpha value is -6.51. The topological polar surface area (TPSA) is 17.8 Å². The highest BCUT2D eigenvalue weighted by Crippen LogP contribution is 2.50. The van der Waals surface area contributed by atoms with Gasteiger partial charge < -0.3 is 4.57 Å². The van der Waals surface area contributed by atoms with Gasteiger partial charge in [-0.25, -0.2) is 4.98 Å². The van der Waals surface area contributed by atoms with E-state index in [1.54, 1.807) is 0 Å². The van der Waals surface area contributed by atoms with Crippen LogP contribution in [-0.2, 0) is 0 Å². The Labute approximate surface area is 291 Å². The van der Waals surface area contributed by atoms with Crippen LogP contribution in [0.2, 0.25) is 0 Å². The molecule has 50 heavy (non-hydrogen) atoms. The maximum Gasteiger partial charge on any atom is 0.0809 e. The van der Waals surface area contributed by atoms with E-state index >= 15 is 0 Å². The minimum atomic E-state index is 0.127. The number of hydrogen-bond donors (Lipinski definition) is 0. The fourth-order valence-corrected chi connectivity index (χ4v) is 8.02. The Kier molecular flexibility index (Phi) is 6.60. The lowest BCUT2D eigenvalue weighted by atomic mass is 9.88. The van der Waals surface area contributed by atoms with E-state index in [2.05, 4.69) is 193 Å². The third-order valence-corrected chi connectivity index (χ3v) is 10.3. The van der Waals surface area contributed by atoms with Gasteiger partial charge in [0.1, 0.15) is 0 Å². The lowest BCUT2D eigenvalue weighted by Gasteiger charge is -2.16. The first-order valence-corrected chi connectivity index (χ1v) is 17.3. The first kappa shape index (κ1) is 28.5. The zero-order valence-electron chi connectivity index (χ0n) is 27.4. The lowest BCUT2D eigenvalue weighted by molar-refractivity contribution is 1.02. The van der Waals surface area contributed by atoms with Crippen LogP contribution in [0.25, 0.3) is 72.3 Å². The largest absolute Gasteiger partial charge is 0.309 e. The van der Waals surface area contributed by atoms with Crippen LogP contribution in [0, 0.1) is 0 Å². The van der Waals surface area contributed by atoms with Crippen molar-refractivity contribution >= 4 is 21.8 Å². The Morgan fingerprint density at radius 1 is 0.420 bits per heavy atom. The molecule has 0 amide bonds. The minimum absolute atomic E-state index is 0.127. The van der Waals surface area contributed by atoms with E-state index < -0.39 is 0 Å². The van der Waals surface area contributed by atoms with Crippen molar-refractivity contribution < 1.29 is 0 Å². The summed E-state index contributed by atoms with van der Waals surface area (Å²) in [6, 6.07) is 67.9. The summed E-state index contributed by atoms with van der Waals surface area (Å²) in [4.78, 5) is 5.42. The number of rotatable bonds is 5. The van der Waals surface area contributed by atoms with Gasteiger partial charge in [-0.2, -0.15) is 0 Å². The fourth-order valence-electron chi connectivity index (χ4n) is 8.02. The lowest BCUT2D eigenvalue weighted by Crippen LogP contribution is -1.99. The molecule has 9 aromatic rings. The molecular weight excluding hydrogens is 605 g/mol. The summed E-state index contributed by atoms with van der Waals surface area (Å²) in [6.45, 7) is 0. The van der Waals surface area contributed by atoms with Crippen molar-refractivity contribution in [3.05, 3.63) is 205 Å². The molecule has 0 bridgehead atoms. The molecule has 0 saturated carbocycles. The summed E-state index contributed by atoms with van der Waals surface area (Å²) in [6.07, 6.45) is 0. The van der Waals surface area contributed by atoms with Gasteiger partial charge in [0, 0.05) is 33.5 Å². The zero-order chi connectivity index (χ0) is 33.0. The summed E-state index contributed by atoms with van der Waals surface area (Å²) in [7, 11) is 0. The van der Waals surface area contributed by atoms with Crippen molar-refractivity contribution in [3.63, 3.8) is 0 Å². The second-order valence-electron chi connectivity index (χ2n) is 13.1. The van der Waals surface area contributed by atoms with Crippen molar-refractivity contribution in [2.24, 2.45) is 0 Å². The molecule has 2 heterocycles. The van der Waals surface area contributed by atoms with Crippen molar-refractivity contribution in [2.45, 2.75) is 5.92 Å². The molecule has 234 valence electrons. The Bertz CT molecular complexity index is 2670. The number of fused-ring (bicyclic) bond motifs is 6. The normalized spacial score (nSPS) is 13.4. The highest BCUT2D eigenvalue weighted by molar-refractivity contribution is 6.16. The summed E-state index contributed by atoms with van der Waals surface area (Å²) >= 11 is 0. The van der Waals surface area contributed by atoms with Crippen LogP contribution >= 0.6 is 0 Å². The van der Waals surface area contributed by atoms with E-state index in [9.17, 15) is 0 Å². The Morgan fingerprint density at radius 3 is 1.78 bits per heavy atom. The number of pyridine rings is 1. The van der Waals surface area contributed by atoms with Gasteiger partial charge in [-0.3, -0.25) is 0 Å². The van der Waals surface area contributed by atoms with Crippen LogP contribution in [0.1, 0.15) is 22.6 Å². The van der Waals surface area contributed by atoms with Crippen LogP contribution in [0.3, 0.4) is 0 Å². The fraction of sp³-hybridized carbons (Fsp3) is 0.0208. The molecule has 1 atom stereocenters. The first-order valence-electron chi connectivity index (χ1n) is 17.3. The molecule has 0 aliphatic heterocycles. The molecule has 1 aliphatic carbocycles. The summed E-state index contributed by atoms with van der Waals surface area (Å²) < 4.78 is 2.41. The van der Waals surface area contributed by atoms with E-state index in [-0.39, 0.29) is 5.92 Å². The van der Waals surface area contributed by atoms with E-state index in [1.807, 2.05) is 0 Å². The summed E-state index contributed by atoms with van der Waals surface area (Å²) in [5.41, 5.74) is 16.7. The third kappa shape index (κ3) is 4.53. The van der Waals surface area contributed by atoms with Crippen molar-refractivity contribution in [1.82, 2.24) is 9.55 Å². The van der Waals surface area contributed by atoms with Crippen LogP contribution in [0.4, 0.5) is 0 Å². The van der Waals surface area contributed by atoms with Gasteiger partial charge in [0.25, 0.3) is 0 Å². The number of benzene rings is 7. The summed E-state index contributed by atoms with van der Waals surface area (Å²) in [5.74, 6) is 0.127. The number of hydrogen-bond acceptors (Lipinski definition) is 1. The number of aromatic nitrogens is 2. The van der Waals surface area contributed by atoms with Gasteiger partial charge in [0.05, 0.1) is 22.4 Å². The molecule has 2 nitrogen and oxygen atoms in total. The quantitative estimate of drug-likeness (QED) is 0.184. The highest BCUT2D eigenvalue weighted by Gasteiger charge is 2.31. The minimum Gasteiger partial charge on any atom is -0.309 e. The predicted octanol–water partition coefficient (Wildman–Crippen LogP) is 12.3. The van der Waals surface area contributed by atoms with Gasteiger partial charge in [-0.15, -0.1) is 0 Å². The molecule has 1 aliphatic rings. The average Bonchev–Trinajstić information content (AvgIpc) is 3.71. The van der Waals surface area contributed by atoms with Gasteiger partial charge in [-0.1, -0.05) is 152 Å². The van der Waals surface area contributed by atoms with Crippen LogP contribution in [0.5, 0.6) is 0 Å². The second kappa shape index (κ2) is 11.6. The predicted molar refractivity (Wildman–Crippen MR) is 208 cm³/mol. The number of para-hydroxylation sites is 1. The molecule has 0 N–H and O–H groups in total. The molecule has 2 heteroatoms. The molecule has 10 rings (SSSR count). The van der Waals surface area contributed by atoms with Gasteiger partial charge in [-0.05, 0) is 75.3 Å². The molecule has 0 spiro atoms. The Morgan fingerprint density at radius 2 is 1.04 bits per heavy atom. The summed E-state index contributed by atoms with van der Waals surface area (Å²) in [5, 5.41) is 2.38. The van der Waals surface area contributed by atoms with Crippen LogP contribution < -0.4 is 0 Å². The third-order valence-electron chi connectivity index (χ3n) is 10.3. The van der Waals surface area contributed by atoms with E-state index in [0.717, 1.165) is 33.7 Å². The maximum atomic E-state index is 5.42. The second-order valence-corrected chi connectivity index (χ2v) is 13.1. The molecule has 2 aromatic heterocycles. The molecule has 1 unspecified atom stereocenters. The van der Waals surface area contributed by atoms with E-state index in [1.165, 1.54) is 55.2 Å². The molecule has 0 radical (unpaired) electrons. The Balaban J connectivity index is 1.25. The standard InChI is InChI=1S/C48H32N2/c1-5-15-32(16-6-1)35-25-27-40-41(29-35)38-23-13-14-24-39(38)46(40)36-26-28-44-42(30-36)47-45(50(44)37-21-11-4-12-22-37)31-43(33-17-7-2-8-18-33)49-48(47)34-19-9-3-10-20-34/h1-31,46H. The van der Waals surface area contributed by atoms with E-state index in [4.69, 9.17) is 4.98 Å². The molecule has 7 aromatic carbocycles. The van der Waals surface area contributed by atoms with Gasteiger partial charge >= 0.3 is 0 Å². The van der Waals surface area contributed by atoms with Crippen LogP contribution in [-0.4, -0.2) is 9.55 Å². The van der Waals surface area contributed by atoms with E-state index in [0.29, 0.717) is 0 Å². The van der Waals surface area contributed by atoms with Gasteiger partial charge in [0.15, 0.2) is 0 Å². The highest BCUT2D eigenvalue weighted by atomic mass is 15.0. The first-order chi connectivity index (χ1) is 24.8.